The molecule has 0 aromatic carbocycles. The average Bonchev–Trinajstić information content (AvgIpc) is 2.57. The average molecular weight is 265 g/mol. The zero-order valence-corrected chi connectivity index (χ0v) is 11.3. The summed E-state index contributed by atoms with van der Waals surface area (Å²) in [4.78, 5) is 17.9. The van der Waals surface area contributed by atoms with Crippen molar-refractivity contribution < 1.29 is 0 Å². The number of aromatic amines is 1. The third-order valence-corrected chi connectivity index (χ3v) is 3.52. The Hall–Kier alpha value is -1.76. The van der Waals surface area contributed by atoms with Gasteiger partial charge in [-0.15, -0.1) is 0 Å². The lowest BCUT2D eigenvalue weighted by Gasteiger charge is -2.02. The zero-order valence-electron chi connectivity index (χ0n) is 10.5. The van der Waals surface area contributed by atoms with Crippen molar-refractivity contribution in [2.45, 2.75) is 29.9 Å². The maximum absolute atomic E-state index is 11.2. The number of rotatable bonds is 3. The minimum Gasteiger partial charge on any atom is -0.395 e. The molecule has 2 rings (SSSR count). The summed E-state index contributed by atoms with van der Waals surface area (Å²) in [5.41, 5.74) is 7.39. The van der Waals surface area contributed by atoms with Gasteiger partial charge in [-0.3, -0.25) is 9.48 Å². The van der Waals surface area contributed by atoms with Crippen molar-refractivity contribution in [2.75, 3.05) is 5.73 Å². The van der Waals surface area contributed by atoms with Gasteiger partial charge in [0.25, 0.3) is 5.56 Å². The Kier molecular flexibility index (Phi) is 3.42. The molecule has 2 aromatic rings. The van der Waals surface area contributed by atoms with Gasteiger partial charge in [0.1, 0.15) is 5.03 Å². The van der Waals surface area contributed by atoms with E-state index in [2.05, 4.69) is 15.1 Å². The highest BCUT2D eigenvalue weighted by Gasteiger charge is 2.17. The molecule has 0 aliphatic rings. The van der Waals surface area contributed by atoms with Crippen LogP contribution in [0.15, 0.2) is 27.2 Å². The lowest BCUT2D eigenvalue weighted by Crippen LogP contribution is -2.05. The molecule has 7 heteroatoms. The molecule has 0 saturated carbocycles. The van der Waals surface area contributed by atoms with Crippen LogP contribution in [0.2, 0.25) is 0 Å². The van der Waals surface area contributed by atoms with Gasteiger partial charge in [-0.05, 0) is 17.7 Å². The molecule has 0 saturated heterocycles. The van der Waals surface area contributed by atoms with E-state index in [-0.39, 0.29) is 11.5 Å². The predicted octanol–water partition coefficient (Wildman–Crippen LogP) is 1.36. The minimum absolute atomic E-state index is 0.183. The molecular formula is C11H15N5OS. The standard InChI is InChI=1S/C11H15N5OS/c1-6(2)9-8(12)10(16(3)15-9)18-11-13-5-4-7(17)14-11/h4-6H,12H2,1-3H3,(H,13,14,17). The molecule has 0 amide bonds. The van der Waals surface area contributed by atoms with Crippen LogP contribution < -0.4 is 11.3 Å². The number of anilines is 1. The molecule has 0 atom stereocenters. The first-order valence-corrected chi connectivity index (χ1v) is 6.36. The molecule has 6 nitrogen and oxygen atoms in total. The maximum Gasteiger partial charge on any atom is 0.251 e. The first kappa shape index (κ1) is 12.7. The van der Waals surface area contributed by atoms with Crippen molar-refractivity contribution in [1.82, 2.24) is 19.7 Å². The van der Waals surface area contributed by atoms with E-state index in [1.165, 1.54) is 24.0 Å². The van der Waals surface area contributed by atoms with E-state index in [4.69, 9.17) is 5.73 Å². The SMILES string of the molecule is CC(C)c1nn(C)c(Sc2nccc(=O)[nH]2)c1N. The number of aromatic nitrogens is 4. The fraction of sp³-hybridized carbons (Fsp3) is 0.364. The van der Waals surface area contributed by atoms with E-state index in [1.54, 1.807) is 4.68 Å². The Bertz CT molecular complexity index is 616. The summed E-state index contributed by atoms with van der Waals surface area (Å²) in [5, 5.41) is 5.67. The number of hydrogen-bond donors (Lipinski definition) is 2. The quantitative estimate of drug-likeness (QED) is 0.818. The number of nitrogens with zero attached hydrogens (tertiary/aromatic N) is 3. The zero-order chi connectivity index (χ0) is 13.3. The molecule has 18 heavy (non-hydrogen) atoms. The van der Waals surface area contributed by atoms with Crippen LogP contribution in [-0.2, 0) is 7.05 Å². The van der Waals surface area contributed by atoms with Crippen molar-refractivity contribution in [3.8, 4) is 0 Å². The fourth-order valence-corrected chi connectivity index (χ4v) is 2.42. The summed E-state index contributed by atoms with van der Waals surface area (Å²) >= 11 is 1.30. The molecule has 96 valence electrons. The van der Waals surface area contributed by atoms with Gasteiger partial charge in [-0.2, -0.15) is 5.10 Å². The molecule has 2 heterocycles. The van der Waals surface area contributed by atoms with Crippen LogP contribution in [0.4, 0.5) is 5.69 Å². The molecule has 0 radical (unpaired) electrons. The Labute approximate surface area is 109 Å². The summed E-state index contributed by atoms with van der Waals surface area (Å²) in [6.45, 7) is 4.07. The van der Waals surface area contributed by atoms with Gasteiger partial charge in [0.15, 0.2) is 5.16 Å². The largest absolute Gasteiger partial charge is 0.395 e. The Morgan fingerprint density at radius 1 is 1.50 bits per heavy atom. The molecular weight excluding hydrogens is 250 g/mol. The third-order valence-electron chi connectivity index (χ3n) is 2.45. The Morgan fingerprint density at radius 3 is 2.78 bits per heavy atom. The number of nitrogen functional groups attached to an aromatic ring is 1. The molecule has 0 spiro atoms. The molecule has 0 unspecified atom stereocenters. The topological polar surface area (TPSA) is 89.6 Å². The van der Waals surface area contributed by atoms with Crippen LogP contribution in [0.3, 0.4) is 0 Å². The molecule has 0 fully saturated rings. The van der Waals surface area contributed by atoms with Gasteiger partial charge >= 0.3 is 0 Å². The van der Waals surface area contributed by atoms with Crippen LogP contribution in [0.1, 0.15) is 25.5 Å². The highest BCUT2D eigenvalue weighted by molar-refractivity contribution is 7.99. The normalized spacial score (nSPS) is 11.1. The van der Waals surface area contributed by atoms with E-state index < -0.39 is 0 Å². The van der Waals surface area contributed by atoms with Crippen LogP contribution in [0.25, 0.3) is 0 Å². The second kappa shape index (κ2) is 4.85. The first-order chi connectivity index (χ1) is 8.49. The monoisotopic (exact) mass is 265 g/mol. The molecule has 2 aromatic heterocycles. The second-order valence-electron chi connectivity index (χ2n) is 4.22. The Morgan fingerprint density at radius 2 is 2.22 bits per heavy atom. The summed E-state index contributed by atoms with van der Waals surface area (Å²) in [6, 6.07) is 1.37. The number of hydrogen-bond acceptors (Lipinski definition) is 5. The third kappa shape index (κ3) is 2.40. The summed E-state index contributed by atoms with van der Waals surface area (Å²) in [5.74, 6) is 0.258. The highest BCUT2D eigenvalue weighted by Crippen LogP contribution is 2.33. The van der Waals surface area contributed by atoms with E-state index in [0.717, 1.165) is 10.7 Å². The molecule has 0 bridgehead atoms. The van der Waals surface area contributed by atoms with Crippen molar-refractivity contribution in [2.24, 2.45) is 7.05 Å². The van der Waals surface area contributed by atoms with Gasteiger partial charge in [-0.25, -0.2) is 4.98 Å². The van der Waals surface area contributed by atoms with Gasteiger partial charge in [0.05, 0.1) is 11.4 Å². The van der Waals surface area contributed by atoms with Crippen LogP contribution in [-0.4, -0.2) is 19.7 Å². The van der Waals surface area contributed by atoms with E-state index >= 15 is 0 Å². The molecule has 0 aliphatic heterocycles. The summed E-state index contributed by atoms with van der Waals surface area (Å²) < 4.78 is 1.71. The first-order valence-electron chi connectivity index (χ1n) is 5.54. The van der Waals surface area contributed by atoms with Crippen LogP contribution in [0.5, 0.6) is 0 Å². The van der Waals surface area contributed by atoms with Crippen molar-refractivity contribution in [3.05, 3.63) is 28.3 Å². The van der Waals surface area contributed by atoms with Crippen molar-refractivity contribution >= 4 is 17.4 Å². The molecule has 0 aliphatic carbocycles. The predicted molar refractivity (Wildman–Crippen MR) is 70.7 cm³/mol. The smallest absolute Gasteiger partial charge is 0.251 e. The van der Waals surface area contributed by atoms with Crippen LogP contribution >= 0.6 is 11.8 Å². The number of nitrogens with two attached hydrogens (primary N) is 1. The lowest BCUT2D eigenvalue weighted by molar-refractivity contribution is 0.670. The summed E-state index contributed by atoms with van der Waals surface area (Å²) in [6.07, 6.45) is 1.47. The van der Waals surface area contributed by atoms with Crippen molar-refractivity contribution in [1.29, 1.82) is 0 Å². The van der Waals surface area contributed by atoms with E-state index in [0.29, 0.717) is 10.8 Å². The van der Waals surface area contributed by atoms with Gasteiger partial charge in [-0.1, -0.05) is 13.8 Å². The summed E-state index contributed by atoms with van der Waals surface area (Å²) in [7, 11) is 1.83. The molecule has 3 N–H and O–H groups in total. The second-order valence-corrected chi connectivity index (χ2v) is 5.20. The number of aryl methyl sites for hydroxylation is 1. The minimum atomic E-state index is -0.183. The van der Waals surface area contributed by atoms with E-state index in [9.17, 15) is 4.79 Å². The van der Waals surface area contributed by atoms with Gasteiger partial charge < -0.3 is 10.7 Å². The number of nitrogens with one attached hydrogen (secondary N) is 1. The van der Waals surface area contributed by atoms with Crippen molar-refractivity contribution in [3.63, 3.8) is 0 Å². The van der Waals surface area contributed by atoms with Gasteiger partial charge in [0.2, 0.25) is 0 Å². The van der Waals surface area contributed by atoms with Gasteiger partial charge in [0, 0.05) is 19.3 Å². The fourth-order valence-electron chi connectivity index (χ4n) is 1.59. The lowest BCUT2D eigenvalue weighted by atomic mass is 10.1. The highest BCUT2D eigenvalue weighted by atomic mass is 32.2. The Balaban J connectivity index is 2.38. The number of H-pyrrole nitrogens is 1. The maximum atomic E-state index is 11.2. The van der Waals surface area contributed by atoms with E-state index in [1.807, 2.05) is 20.9 Å². The van der Waals surface area contributed by atoms with Crippen LogP contribution in [0, 0.1) is 0 Å².